The van der Waals surface area contributed by atoms with Gasteiger partial charge in [0, 0.05) is 28.8 Å². The van der Waals surface area contributed by atoms with Crippen LogP contribution in [0, 0.1) is 0 Å². The maximum atomic E-state index is 12.6. The second-order valence-corrected chi connectivity index (χ2v) is 7.02. The van der Waals surface area contributed by atoms with Gasteiger partial charge >= 0.3 is 0 Å². The Balaban J connectivity index is 1.62. The van der Waals surface area contributed by atoms with Crippen LogP contribution in [0.1, 0.15) is 24.5 Å². The Morgan fingerprint density at radius 1 is 1.20 bits per heavy atom. The summed E-state index contributed by atoms with van der Waals surface area (Å²) in [6.45, 7) is 0.975. The first-order valence-electron chi connectivity index (χ1n) is 8.28. The normalized spacial score (nSPS) is 18.2. The van der Waals surface area contributed by atoms with Crippen LogP contribution in [0.15, 0.2) is 48.5 Å². The molecule has 2 N–H and O–H groups in total. The van der Waals surface area contributed by atoms with Gasteiger partial charge in [0.1, 0.15) is 6.04 Å². The first kappa shape index (κ1) is 18.1. The van der Waals surface area contributed by atoms with Crippen molar-refractivity contribution in [1.82, 2.24) is 5.32 Å². The van der Waals surface area contributed by atoms with Crippen molar-refractivity contribution >= 4 is 34.8 Å². The van der Waals surface area contributed by atoms with Crippen LogP contribution in [-0.4, -0.2) is 30.1 Å². The third kappa shape index (κ3) is 4.46. The second-order valence-electron chi connectivity index (χ2n) is 6.15. The summed E-state index contributed by atoms with van der Waals surface area (Å²) in [7, 11) is 0. The largest absolute Gasteiger partial charge is 0.387 e. The molecule has 25 heavy (non-hydrogen) atoms. The zero-order valence-corrected chi connectivity index (χ0v) is 15.2. The van der Waals surface area contributed by atoms with E-state index in [2.05, 4.69) is 10.2 Å². The topological polar surface area (TPSA) is 52.6 Å². The van der Waals surface area contributed by atoms with Crippen molar-refractivity contribution in [2.45, 2.75) is 25.0 Å². The molecule has 0 spiro atoms. The van der Waals surface area contributed by atoms with Gasteiger partial charge in [-0.15, -0.1) is 0 Å². The molecule has 2 aromatic carbocycles. The first-order valence-corrected chi connectivity index (χ1v) is 9.03. The van der Waals surface area contributed by atoms with Crippen molar-refractivity contribution in [2.24, 2.45) is 0 Å². The van der Waals surface area contributed by atoms with Crippen LogP contribution in [0.4, 0.5) is 5.69 Å². The molecule has 2 atom stereocenters. The molecule has 1 amide bonds. The van der Waals surface area contributed by atoms with Crippen molar-refractivity contribution in [1.29, 1.82) is 0 Å². The summed E-state index contributed by atoms with van der Waals surface area (Å²) in [5, 5.41) is 14.1. The molecule has 1 aliphatic heterocycles. The van der Waals surface area contributed by atoms with E-state index in [1.165, 1.54) is 0 Å². The van der Waals surface area contributed by atoms with Crippen LogP contribution < -0.4 is 10.2 Å². The van der Waals surface area contributed by atoms with Gasteiger partial charge < -0.3 is 15.3 Å². The first-order chi connectivity index (χ1) is 12.0. The molecule has 0 saturated carbocycles. The van der Waals surface area contributed by atoms with Gasteiger partial charge in [-0.25, -0.2) is 0 Å². The third-order valence-corrected chi connectivity index (χ3v) is 4.82. The molecule has 1 saturated heterocycles. The van der Waals surface area contributed by atoms with Crippen LogP contribution >= 0.6 is 23.2 Å². The van der Waals surface area contributed by atoms with E-state index in [0.717, 1.165) is 25.1 Å². The predicted molar refractivity (Wildman–Crippen MR) is 101 cm³/mol. The molecule has 132 valence electrons. The maximum Gasteiger partial charge on any atom is 0.242 e. The van der Waals surface area contributed by atoms with Gasteiger partial charge in [-0.2, -0.15) is 0 Å². The Morgan fingerprint density at radius 2 is 1.88 bits per heavy atom. The van der Waals surface area contributed by atoms with Gasteiger partial charge in [0.05, 0.1) is 6.10 Å². The predicted octanol–water partition coefficient (Wildman–Crippen LogP) is 3.81. The third-order valence-electron chi connectivity index (χ3n) is 4.38. The number of benzene rings is 2. The molecule has 0 aliphatic carbocycles. The van der Waals surface area contributed by atoms with Crippen molar-refractivity contribution in [2.75, 3.05) is 18.0 Å². The lowest BCUT2D eigenvalue weighted by Gasteiger charge is -2.26. The number of nitrogens with zero attached hydrogens (tertiary/aromatic N) is 1. The Bertz CT molecular complexity index is 719. The van der Waals surface area contributed by atoms with E-state index in [9.17, 15) is 9.90 Å². The van der Waals surface area contributed by atoms with Crippen molar-refractivity contribution in [3.63, 3.8) is 0 Å². The summed E-state index contributed by atoms with van der Waals surface area (Å²) in [5.41, 5.74) is 1.63. The molecule has 0 bridgehead atoms. The van der Waals surface area contributed by atoms with Crippen molar-refractivity contribution in [3.8, 4) is 0 Å². The molecule has 2 unspecified atom stereocenters. The number of hydrogen-bond donors (Lipinski definition) is 2. The highest BCUT2D eigenvalue weighted by molar-refractivity contribution is 6.34. The van der Waals surface area contributed by atoms with E-state index in [-0.39, 0.29) is 18.5 Å². The fraction of sp³-hybridized carbons (Fsp3) is 0.316. The number of aliphatic hydroxyl groups excluding tert-OH is 1. The molecule has 0 radical (unpaired) electrons. The number of aliphatic hydroxyl groups is 1. The van der Waals surface area contributed by atoms with E-state index in [1.54, 1.807) is 18.2 Å². The monoisotopic (exact) mass is 378 g/mol. The summed E-state index contributed by atoms with van der Waals surface area (Å²) >= 11 is 11.9. The zero-order chi connectivity index (χ0) is 17.8. The van der Waals surface area contributed by atoms with Crippen molar-refractivity contribution in [3.05, 3.63) is 64.1 Å². The molecular weight excluding hydrogens is 359 g/mol. The maximum absolute atomic E-state index is 12.6. The quantitative estimate of drug-likeness (QED) is 0.831. The number of halogens is 2. The molecule has 1 aliphatic rings. The van der Waals surface area contributed by atoms with E-state index in [1.807, 2.05) is 30.3 Å². The molecule has 6 heteroatoms. The fourth-order valence-corrected chi connectivity index (χ4v) is 3.71. The van der Waals surface area contributed by atoms with Gasteiger partial charge in [-0.3, -0.25) is 4.79 Å². The molecule has 2 aromatic rings. The standard InChI is InChI=1S/C19H20Cl2N2O2/c20-14-9-13(10-15(21)11-14)18(24)12-22-19(25)17-7-4-8-23(17)16-5-2-1-3-6-16/h1-3,5-6,9-11,17-18,24H,4,7-8,12H2,(H,22,25). The minimum atomic E-state index is -0.855. The van der Waals surface area contributed by atoms with E-state index in [4.69, 9.17) is 23.2 Å². The minimum Gasteiger partial charge on any atom is -0.387 e. The fourth-order valence-electron chi connectivity index (χ4n) is 3.17. The minimum absolute atomic E-state index is 0.0754. The highest BCUT2D eigenvalue weighted by Gasteiger charge is 2.30. The smallest absolute Gasteiger partial charge is 0.242 e. The van der Waals surface area contributed by atoms with Crippen LogP contribution in [0.25, 0.3) is 0 Å². The number of para-hydroxylation sites is 1. The second kappa shape index (κ2) is 8.09. The summed E-state index contributed by atoms with van der Waals surface area (Å²) in [6.07, 6.45) is 0.922. The summed E-state index contributed by atoms with van der Waals surface area (Å²) < 4.78 is 0. The lowest BCUT2D eigenvalue weighted by molar-refractivity contribution is -0.122. The molecule has 1 heterocycles. The van der Waals surface area contributed by atoms with E-state index < -0.39 is 6.10 Å². The summed E-state index contributed by atoms with van der Waals surface area (Å²) in [6, 6.07) is 14.6. The number of amides is 1. The lowest BCUT2D eigenvalue weighted by Crippen LogP contribution is -2.44. The highest BCUT2D eigenvalue weighted by Crippen LogP contribution is 2.26. The zero-order valence-electron chi connectivity index (χ0n) is 13.7. The number of rotatable bonds is 5. The lowest BCUT2D eigenvalue weighted by atomic mass is 10.1. The molecule has 1 fully saturated rings. The van der Waals surface area contributed by atoms with Crippen molar-refractivity contribution < 1.29 is 9.90 Å². The van der Waals surface area contributed by atoms with Crippen LogP contribution in [-0.2, 0) is 4.79 Å². The van der Waals surface area contributed by atoms with Gasteiger partial charge in [-0.1, -0.05) is 41.4 Å². The molecular formula is C19H20Cl2N2O2. The number of hydrogen-bond acceptors (Lipinski definition) is 3. The number of anilines is 1. The Labute approximate surface area is 157 Å². The Morgan fingerprint density at radius 3 is 2.56 bits per heavy atom. The van der Waals surface area contributed by atoms with Gasteiger partial charge in [-0.05, 0) is 48.7 Å². The van der Waals surface area contributed by atoms with Gasteiger partial charge in [0.2, 0.25) is 5.91 Å². The Hall–Kier alpha value is -1.75. The van der Waals surface area contributed by atoms with Gasteiger partial charge in [0.25, 0.3) is 0 Å². The van der Waals surface area contributed by atoms with Crippen LogP contribution in [0.3, 0.4) is 0 Å². The highest BCUT2D eigenvalue weighted by atomic mass is 35.5. The number of nitrogens with one attached hydrogen (secondary N) is 1. The average Bonchev–Trinajstić information content (AvgIpc) is 3.09. The Kier molecular flexibility index (Phi) is 5.84. The number of carbonyl (C=O) groups excluding carboxylic acids is 1. The van der Waals surface area contributed by atoms with E-state index in [0.29, 0.717) is 15.6 Å². The van der Waals surface area contributed by atoms with E-state index >= 15 is 0 Å². The average molecular weight is 379 g/mol. The molecule has 3 rings (SSSR count). The summed E-state index contributed by atoms with van der Waals surface area (Å²) in [5.74, 6) is -0.0754. The molecule has 4 nitrogen and oxygen atoms in total. The number of carbonyl (C=O) groups is 1. The SMILES string of the molecule is O=C(NCC(O)c1cc(Cl)cc(Cl)c1)C1CCCN1c1ccccc1. The molecule has 0 aromatic heterocycles. The van der Waals surface area contributed by atoms with Gasteiger partial charge in [0.15, 0.2) is 0 Å². The van der Waals surface area contributed by atoms with Crippen LogP contribution in [0.5, 0.6) is 0 Å². The van der Waals surface area contributed by atoms with Crippen LogP contribution in [0.2, 0.25) is 10.0 Å². The summed E-state index contributed by atoms with van der Waals surface area (Å²) in [4.78, 5) is 14.7.